The van der Waals surface area contributed by atoms with Crippen molar-refractivity contribution in [2.24, 2.45) is 0 Å². The molecule has 0 amide bonds. The third kappa shape index (κ3) is 4.02. The van der Waals surface area contributed by atoms with Crippen LogP contribution in [-0.2, 0) is 0 Å². The summed E-state index contributed by atoms with van der Waals surface area (Å²) in [5.41, 5.74) is 1.19. The maximum absolute atomic E-state index is 12.4. The zero-order valence-corrected chi connectivity index (χ0v) is 14.9. The smallest absolute Gasteiger partial charge is 0.203 e. The zero-order valence-electron chi connectivity index (χ0n) is 13.4. The van der Waals surface area contributed by atoms with Crippen molar-refractivity contribution in [3.8, 4) is 17.2 Å². The maximum Gasteiger partial charge on any atom is 0.203 e. The molecule has 0 saturated heterocycles. The molecule has 4 nitrogen and oxygen atoms in total. The second-order valence-corrected chi connectivity index (χ2v) is 5.60. The predicted octanol–water partition coefficient (Wildman–Crippen LogP) is 4.92. The Morgan fingerprint density at radius 1 is 0.917 bits per heavy atom. The van der Waals surface area contributed by atoms with E-state index < -0.39 is 0 Å². The van der Waals surface area contributed by atoms with Gasteiger partial charge >= 0.3 is 0 Å². The first-order valence-corrected chi connectivity index (χ1v) is 7.73. The van der Waals surface area contributed by atoms with Gasteiger partial charge in [0.25, 0.3) is 0 Å². The van der Waals surface area contributed by atoms with Crippen molar-refractivity contribution in [3.63, 3.8) is 0 Å². The second kappa shape index (κ2) is 8.08. The van der Waals surface area contributed by atoms with Crippen molar-refractivity contribution >= 4 is 35.1 Å². The summed E-state index contributed by atoms with van der Waals surface area (Å²) in [7, 11) is 4.50. The molecule has 0 aliphatic heterocycles. The second-order valence-electron chi connectivity index (χ2n) is 4.79. The van der Waals surface area contributed by atoms with Crippen molar-refractivity contribution in [3.05, 3.63) is 57.6 Å². The molecule has 2 aromatic carbocycles. The largest absolute Gasteiger partial charge is 0.493 e. The van der Waals surface area contributed by atoms with Crippen LogP contribution in [0.3, 0.4) is 0 Å². The first-order valence-electron chi connectivity index (χ1n) is 6.97. The normalized spacial score (nSPS) is 10.7. The van der Waals surface area contributed by atoms with E-state index in [1.165, 1.54) is 27.4 Å². The van der Waals surface area contributed by atoms with E-state index in [0.29, 0.717) is 32.9 Å². The van der Waals surface area contributed by atoms with Gasteiger partial charge in [0.1, 0.15) is 0 Å². The molecule has 126 valence electrons. The summed E-state index contributed by atoms with van der Waals surface area (Å²) in [6, 6.07) is 8.33. The first kappa shape index (κ1) is 18.2. The summed E-state index contributed by atoms with van der Waals surface area (Å²) in [6.07, 6.45) is 3.11. The van der Waals surface area contributed by atoms with Crippen molar-refractivity contribution < 1.29 is 19.0 Å². The molecule has 0 heterocycles. The summed E-state index contributed by atoms with van der Waals surface area (Å²) < 4.78 is 15.7. The number of hydrogen-bond acceptors (Lipinski definition) is 4. The fraction of sp³-hybridized carbons (Fsp3) is 0.167. The van der Waals surface area contributed by atoms with Gasteiger partial charge in [0.2, 0.25) is 5.75 Å². The molecule has 0 aliphatic carbocycles. The average Bonchev–Trinajstić information content (AvgIpc) is 2.60. The van der Waals surface area contributed by atoms with Crippen LogP contribution in [-0.4, -0.2) is 27.1 Å². The Morgan fingerprint density at radius 3 is 2.04 bits per heavy atom. The number of allylic oxidation sites excluding steroid dienone is 1. The topological polar surface area (TPSA) is 44.8 Å². The molecule has 0 radical (unpaired) electrons. The van der Waals surface area contributed by atoms with Crippen LogP contribution in [0.1, 0.15) is 15.9 Å². The van der Waals surface area contributed by atoms with E-state index in [4.69, 9.17) is 37.4 Å². The van der Waals surface area contributed by atoms with Gasteiger partial charge in [-0.15, -0.1) is 0 Å². The van der Waals surface area contributed by atoms with Gasteiger partial charge in [-0.05, 0) is 35.9 Å². The molecule has 0 bridgehead atoms. The van der Waals surface area contributed by atoms with Crippen LogP contribution in [0.25, 0.3) is 6.08 Å². The van der Waals surface area contributed by atoms with Gasteiger partial charge in [-0.1, -0.05) is 35.3 Å². The van der Waals surface area contributed by atoms with E-state index in [1.54, 1.807) is 36.4 Å². The Balaban J connectivity index is 2.32. The highest BCUT2D eigenvalue weighted by Gasteiger charge is 2.15. The Kier molecular flexibility index (Phi) is 6.12. The lowest BCUT2D eigenvalue weighted by Gasteiger charge is -2.13. The summed E-state index contributed by atoms with van der Waals surface area (Å²) in [6.45, 7) is 0. The number of hydrogen-bond donors (Lipinski definition) is 0. The molecule has 0 saturated carbocycles. The van der Waals surface area contributed by atoms with Crippen molar-refractivity contribution in [2.75, 3.05) is 21.3 Å². The van der Waals surface area contributed by atoms with Crippen molar-refractivity contribution in [1.82, 2.24) is 0 Å². The summed E-state index contributed by atoms with van der Waals surface area (Å²) in [5.74, 6) is 1.07. The van der Waals surface area contributed by atoms with Crippen molar-refractivity contribution in [1.29, 1.82) is 0 Å². The molecule has 0 fully saturated rings. The van der Waals surface area contributed by atoms with E-state index in [1.807, 2.05) is 0 Å². The highest BCUT2D eigenvalue weighted by molar-refractivity contribution is 6.42. The zero-order chi connectivity index (χ0) is 17.7. The third-order valence-corrected chi connectivity index (χ3v) is 4.06. The van der Waals surface area contributed by atoms with Crippen LogP contribution in [0.15, 0.2) is 36.4 Å². The number of benzene rings is 2. The van der Waals surface area contributed by atoms with E-state index in [-0.39, 0.29) is 5.78 Å². The SMILES string of the molecule is COc1cc(C(=O)/C=C/c2ccc(Cl)c(Cl)c2)cc(OC)c1OC. The van der Waals surface area contributed by atoms with Gasteiger partial charge in [-0.2, -0.15) is 0 Å². The summed E-state index contributed by atoms with van der Waals surface area (Å²) in [5, 5.41) is 0.892. The molecule has 0 aliphatic rings. The Bertz CT molecular complexity index is 760. The van der Waals surface area contributed by atoms with E-state index in [9.17, 15) is 4.79 Å². The highest BCUT2D eigenvalue weighted by atomic mass is 35.5. The Labute approximate surface area is 150 Å². The number of rotatable bonds is 6. The number of halogens is 2. The molecule has 0 N–H and O–H groups in total. The summed E-state index contributed by atoms with van der Waals surface area (Å²) >= 11 is 11.8. The molecule has 2 aromatic rings. The number of carbonyl (C=O) groups is 1. The number of ketones is 1. The minimum Gasteiger partial charge on any atom is -0.493 e. The van der Waals surface area contributed by atoms with Gasteiger partial charge in [0.15, 0.2) is 17.3 Å². The van der Waals surface area contributed by atoms with Gasteiger partial charge < -0.3 is 14.2 Å². The Hall–Kier alpha value is -2.17. The number of ether oxygens (including phenoxy) is 3. The van der Waals surface area contributed by atoms with Gasteiger partial charge in [-0.3, -0.25) is 4.79 Å². The highest BCUT2D eigenvalue weighted by Crippen LogP contribution is 2.38. The van der Waals surface area contributed by atoms with Crippen LogP contribution in [0.4, 0.5) is 0 Å². The van der Waals surface area contributed by atoms with Crippen LogP contribution in [0.2, 0.25) is 10.0 Å². The van der Waals surface area contributed by atoms with Crippen LogP contribution in [0.5, 0.6) is 17.2 Å². The number of carbonyl (C=O) groups excluding carboxylic acids is 1. The van der Waals surface area contributed by atoms with Crippen LogP contribution < -0.4 is 14.2 Å². The van der Waals surface area contributed by atoms with Crippen LogP contribution in [0, 0.1) is 0 Å². The molecule has 0 spiro atoms. The van der Waals surface area contributed by atoms with Gasteiger partial charge in [-0.25, -0.2) is 0 Å². The quantitative estimate of drug-likeness (QED) is 0.537. The Morgan fingerprint density at radius 2 is 1.54 bits per heavy atom. The fourth-order valence-electron chi connectivity index (χ4n) is 2.11. The monoisotopic (exact) mass is 366 g/mol. The van der Waals surface area contributed by atoms with E-state index in [2.05, 4.69) is 0 Å². The fourth-order valence-corrected chi connectivity index (χ4v) is 2.41. The molecule has 0 aromatic heterocycles. The molecular formula is C18H16Cl2O4. The van der Waals surface area contributed by atoms with E-state index >= 15 is 0 Å². The standard InChI is InChI=1S/C18H16Cl2O4/c1-22-16-9-12(10-17(23-2)18(16)24-3)15(21)7-5-11-4-6-13(19)14(20)8-11/h4-10H,1-3H3/b7-5+. The number of methoxy groups -OCH3 is 3. The molecular weight excluding hydrogens is 351 g/mol. The molecule has 6 heteroatoms. The lowest BCUT2D eigenvalue weighted by molar-refractivity contribution is 0.104. The summed E-state index contributed by atoms with van der Waals surface area (Å²) in [4.78, 5) is 12.4. The minimum absolute atomic E-state index is 0.208. The lowest BCUT2D eigenvalue weighted by atomic mass is 10.1. The average molecular weight is 367 g/mol. The van der Waals surface area contributed by atoms with E-state index in [0.717, 1.165) is 5.56 Å². The predicted molar refractivity (Wildman–Crippen MR) is 95.9 cm³/mol. The molecule has 0 atom stereocenters. The molecule has 2 rings (SSSR count). The molecule has 24 heavy (non-hydrogen) atoms. The molecule has 0 unspecified atom stereocenters. The van der Waals surface area contributed by atoms with Crippen molar-refractivity contribution in [2.45, 2.75) is 0 Å². The van der Waals surface area contributed by atoms with Gasteiger partial charge in [0, 0.05) is 5.56 Å². The van der Waals surface area contributed by atoms with Gasteiger partial charge in [0.05, 0.1) is 31.4 Å². The minimum atomic E-state index is -0.208. The lowest BCUT2D eigenvalue weighted by Crippen LogP contribution is -2.00. The third-order valence-electron chi connectivity index (χ3n) is 3.32. The van der Waals surface area contributed by atoms with Crippen LogP contribution >= 0.6 is 23.2 Å². The first-order chi connectivity index (χ1) is 11.5. The maximum atomic E-state index is 12.4.